The Balaban J connectivity index is 1.57. The number of aryl methyl sites for hydroxylation is 1. The summed E-state index contributed by atoms with van der Waals surface area (Å²) in [6, 6.07) is 8.70. The van der Waals surface area contributed by atoms with Gasteiger partial charge in [0.2, 0.25) is 0 Å². The molecule has 0 radical (unpaired) electrons. The van der Waals surface area contributed by atoms with Crippen LogP contribution in [-0.4, -0.2) is 62.3 Å². The van der Waals surface area contributed by atoms with Crippen LogP contribution in [0.25, 0.3) is 0 Å². The largest absolute Gasteiger partial charge is 0.508 e. The molecule has 0 spiro atoms. The van der Waals surface area contributed by atoms with Crippen LogP contribution in [0.1, 0.15) is 31.3 Å². The zero-order valence-corrected chi connectivity index (χ0v) is 19.4. The number of benzene rings is 2. The van der Waals surface area contributed by atoms with Gasteiger partial charge < -0.3 is 36.4 Å². The number of anilines is 1. The molecule has 35 heavy (non-hydrogen) atoms. The summed E-state index contributed by atoms with van der Waals surface area (Å²) in [7, 11) is 0. The average Bonchev–Trinajstić information content (AvgIpc) is 3.16. The topological polar surface area (TPSA) is 181 Å². The van der Waals surface area contributed by atoms with E-state index >= 15 is 0 Å². The summed E-state index contributed by atoms with van der Waals surface area (Å²) in [5.41, 5.74) is 1.27. The molecule has 0 unspecified atom stereocenters. The number of thiazole rings is 1. The van der Waals surface area contributed by atoms with Crippen LogP contribution in [0.15, 0.2) is 42.5 Å². The van der Waals surface area contributed by atoms with Crippen LogP contribution in [0.4, 0.5) is 5.13 Å². The van der Waals surface area contributed by atoms with Crippen molar-refractivity contribution in [2.24, 2.45) is 0 Å². The average molecular weight is 501 g/mol. The summed E-state index contributed by atoms with van der Waals surface area (Å²) in [6.07, 6.45) is 0.617. The van der Waals surface area contributed by atoms with Crippen molar-refractivity contribution in [3.8, 4) is 17.2 Å². The molecule has 0 fully saturated rings. The van der Waals surface area contributed by atoms with Gasteiger partial charge in [-0.15, -0.1) is 0 Å². The lowest BCUT2D eigenvalue weighted by Gasteiger charge is -2.15. The fraction of sp³-hybridized carbons (Fsp3) is 0.217. The highest BCUT2D eigenvalue weighted by Gasteiger charge is 2.24. The number of aromatic hydroxyl groups is 3. The minimum Gasteiger partial charge on any atom is -0.508 e. The number of phenolic OH excluding ortho intramolecular Hbond substituents is 3. The number of phenols is 3. The number of carboxylic acids is 1. The van der Waals surface area contributed by atoms with E-state index in [9.17, 15) is 34.8 Å². The number of aromatic nitrogens is 1. The molecule has 0 aliphatic heterocycles. The number of carbonyl (C=O) groups excluding carboxylic acids is 2. The SMILES string of the molecule is Cc1nc(NCCc2cccc(O)c2)sc1C(=O)N[C@@H](CNC(=O)c1cc(O)cc(O)c1)C(=O)O. The molecule has 0 saturated heterocycles. The van der Waals surface area contributed by atoms with Gasteiger partial charge >= 0.3 is 5.97 Å². The highest BCUT2D eigenvalue weighted by Crippen LogP contribution is 2.23. The Kier molecular flexibility index (Phi) is 8.10. The van der Waals surface area contributed by atoms with Crippen molar-refractivity contribution in [2.45, 2.75) is 19.4 Å². The molecule has 2 amide bonds. The Labute approximate surface area is 204 Å². The summed E-state index contributed by atoms with van der Waals surface area (Å²) in [5.74, 6) is -3.23. The van der Waals surface area contributed by atoms with E-state index in [2.05, 4.69) is 20.9 Å². The van der Waals surface area contributed by atoms with Crippen molar-refractivity contribution in [3.05, 3.63) is 64.2 Å². The first kappa shape index (κ1) is 25.3. The predicted octanol–water partition coefficient (Wildman–Crippen LogP) is 1.84. The number of carbonyl (C=O) groups is 3. The van der Waals surface area contributed by atoms with Gasteiger partial charge in [-0.25, -0.2) is 9.78 Å². The number of nitrogens with zero attached hydrogens (tertiary/aromatic N) is 1. The van der Waals surface area contributed by atoms with E-state index in [1.165, 1.54) is 0 Å². The quantitative estimate of drug-likeness (QED) is 0.218. The monoisotopic (exact) mass is 500 g/mol. The summed E-state index contributed by atoms with van der Waals surface area (Å²) >= 11 is 1.06. The van der Waals surface area contributed by atoms with Crippen molar-refractivity contribution in [2.75, 3.05) is 18.4 Å². The van der Waals surface area contributed by atoms with Crippen LogP contribution in [0.2, 0.25) is 0 Å². The molecule has 12 heteroatoms. The number of aliphatic carboxylic acids is 1. The highest BCUT2D eigenvalue weighted by atomic mass is 32.1. The maximum Gasteiger partial charge on any atom is 0.328 e. The lowest BCUT2D eigenvalue weighted by atomic mass is 10.1. The molecule has 184 valence electrons. The molecule has 11 nitrogen and oxygen atoms in total. The molecule has 1 aromatic heterocycles. The van der Waals surface area contributed by atoms with Crippen LogP contribution in [0, 0.1) is 6.92 Å². The van der Waals surface area contributed by atoms with Crippen molar-refractivity contribution < 1.29 is 34.8 Å². The maximum absolute atomic E-state index is 12.7. The second-order valence-corrected chi connectivity index (χ2v) is 8.59. The summed E-state index contributed by atoms with van der Waals surface area (Å²) in [4.78, 5) is 41.1. The second-order valence-electron chi connectivity index (χ2n) is 7.59. The molecule has 1 atom stereocenters. The molecule has 1 heterocycles. The van der Waals surface area contributed by atoms with E-state index in [0.717, 1.165) is 35.1 Å². The first-order chi connectivity index (χ1) is 16.6. The third-order valence-electron chi connectivity index (χ3n) is 4.84. The van der Waals surface area contributed by atoms with Crippen molar-refractivity contribution >= 4 is 34.3 Å². The normalized spacial score (nSPS) is 11.5. The van der Waals surface area contributed by atoms with Gasteiger partial charge in [0.1, 0.15) is 28.2 Å². The Bertz CT molecular complexity index is 1220. The van der Waals surface area contributed by atoms with E-state index in [0.29, 0.717) is 23.8 Å². The van der Waals surface area contributed by atoms with Crippen LogP contribution in [0.3, 0.4) is 0 Å². The molecule has 3 rings (SSSR count). The number of nitrogens with one attached hydrogen (secondary N) is 3. The molecule has 0 aliphatic rings. The van der Waals surface area contributed by atoms with Gasteiger partial charge in [-0.3, -0.25) is 9.59 Å². The molecule has 0 saturated carbocycles. The van der Waals surface area contributed by atoms with Crippen LogP contribution >= 0.6 is 11.3 Å². The lowest BCUT2D eigenvalue weighted by molar-refractivity contribution is -0.139. The zero-order chi connectivity index (χ0) is 25.5. The van der Waals surface area contributed by atoms with Gasteiger partial charge in [-0.2, -0.15) is 0 Å². The van der Waals surface area contributed by atoms with E-state index < -0.39 is 30.4 Å². The zero-order valence-electron chi connectivity index (χ0n) is 18.6. The summed E-state index contributed by atoms with van der Waals surface area (Å²) in [6.45, 7) is 1.70. The molecular formula is C23H24N4O7S. The number of amides is 2. The Hall–Kier alpha value is -4.32. The summed E-state index contributed by atoms with van der Waals surface area (Å²) in [5, 5.41) is 46.3. The van der Waals surface area contributed by atoms with Crippen LogP contribution in [-0.2, 0) is 11.2 Å². The summed E-state index contributed by atoms with van der Waals surface area (Å²) < 4.78 is 0. The molecule has 0 bridgehead atoms. The standard InChI is InChI=1S/C23H24N4O7S/c1-12-19(35-23(26-12)24-6-5-13-3-2-4-15(28)7-13)21(32)27-18(22(33)34)11-25-20(31)14-8-16(29)10-17(30)9-14/h2-4,7-10,18,28-30H,5-6,11H2,1H3,(H,24,26)(H,25,31)(H,27,32)(H,33,34)/t18-/m0/s1. The first-order valence-corrected chi connectivity index (χ1v) is 11.3. The van der Waals surface area contributed by atoms with E-state index in [1.807, 2.05) is 6.07 Å². The Morgan fingerprint density at radius 3 is 2.37 bits per heavy atom. The third kappa shape index (κ3) is 7.08. The fourth-order valence-electron chi connectivity index (χ4n) is 3.16. The van der Waals surface area contributed by atoms with E-state index in [-0.39, 0.29) is 27.7 Å². The second kappa shape index (κ2) is 11.2. The molecular weight excluding hydrogens is 476 g/mol. The smallest absolute Gasteiger partial charge is 0.328 e. The minimum absolute atomic E-state index is 0.0716. The van der Waals surface area contributed by atoms with Crippen LogP contribution in [0.5, 0.6) is 17.2 Å². The van der Waals surface area contributed by atoms with Gasteiger partial charge in [0.25, 0.3) is 11.8 Å². The number of rotatable bonds is 10. The Morgan fingerprint density at radius 2 is 1.71 bits per heavy atom. The molecule has 2 aromatic carbocycles. The van der Waals surface area contributed by atoms with Crippen LogP contribution < -0.4 is 16.0 Å². The van der Waals surface area contributed by atoms with E-state index in [1.54, 1.807) is 25.1 Å². The molecule has 0 aliphatic carbocycles. The molecule has 3 aromatic rings. The highest BCUT2D eigenvalue weighted by molar-refractivity contribution is 7.17. The van der Waals surface area contributed by atoms with Gasteiger partial charge in [0, 0.05) is 24.7 Å². The van der Waals surface area contributed by atoms with Crippen molar-refractivity contribution in [1.29, 1.82) is 0 Å². The third-order valence-corrected chi connectivity index (χ3v) is 5.95. The number of hydrogen-bond acceptors (Lipinski definition) is 9. The number of carboxylic acid groups (broad SMARTS) is 1. The lowest BCUT2D eigenvalue weighted by Crippen LogP contribution is -2.48. The van der Waals surface area contributed by atoms with Gasteiger partial charge in [0.15, 0.2) is 5.13 Å². The van der Waals surface area contributed by atoms with Gasteiger partial charge in [0.05, 0.1) is 5.69 Å². The Morgan fingerprint density at radius 1 is 1.00 bits per heavy atom. The van der Waals surface area contributed by atoms with Crippen molar-refractivity contribution in [3.63, 3.8) is 0 Å². The fourth-order valence-corrected chi connectivity index (χ4v) is 4.05. The van der Waals surface area contributed by atoms with E-state index in [4.69, 9.17) is 0 Å². The minimum atomic E-state index is -1.43. The molecule has 7 N–H and O–H groups in total. The van der Waals surface area contributed by atoms with Crippen molar-refractivity contribution in [1.82, 2.24) is 15.6 Å². The number of hydrogen-bond donors (Lipinski definition) is 7. The maximum atomic E-state index is 12.7. The predicted molar refractivity (Wildman–Crippen MR) is 128 cm³/mol. The van der Waals surface area contributed by atoms with Gasteiger partial charge in [-0.1, -0.05) is 23.5 Å². The first-order valence-electron chi connectivity index (χ1n) is 10.5. The van der Waals surface area contributed by atoms with Gasteiger partial charge in [-0.05, 0) is 43.2 Å².